The molecule has 0 aliphatic carbocycles. The average Bonchev–Trinajstić information content (AvgIpc) is 2.95. The summed E-state index contributed by atoms with van der Waals surface area (Å²) in [6, 6.07) is 22.7. The largest absolute Gasteiger partial charge is 0.478 e. The number of fused-ring (bicyclic) bond motifs is 1. The van der Waals surface area contributed by atoms with Gasteiger partial charge < -0.3 is 19.7 Å². The number of carboxylic acids is 1. The summed E-state index contributed by atoms with van der Waals surface area (Å²) < 4.78 is 6.53. The molecular weight excluding hydrogens is 490 g/mol. The minimum Gasteiger partial charge on any atom is -0.478 e. The highest BCUT2D eigenvalue weighted by Gasteiger charge is 2.37. The van der Waals surface area contributed by atoms with Crippen molar-refractivity contribution in [1.82, 2.24) is 0 Å². The molecule has 2 heterocycles. The van der Waals surface area contributed by atoms with E-state index in [1.807, 2.05) is 56.3 Å². The van der Waals surface area contributed by atoms with Gasteiger partial charge in [0.15, 0.2) is 5.43 Å². The molecule has 0 bridgehead atoms. The van der Waals surface area contributed by atoms with Gasteiger partial charge in [0.2, 0.25) is 5.88 Å². The number of nitriles is 1. The van der Waals surface area contributed by atoms with E-state index >= 15 is 0 Å². The first-order valence-electron chi connectivity index (χ1n) is 13.1. The Bertz CT molecular complexity index is 1640. The molecule has 0 saturated carbocycles. The molecule has 5 rings (SSSR count). The number of carbonyl (C=O) groups is 1. The van der Waals surface area contributed by atoms with Crippen LogP contribution in [0.5, 0.6) is 0 Å². The number of hydrogen-bond donors (Lipinski definition) is 2. The van der Waals surface area contributed by atoms with Crippen molar-refractivity contribution in [3.8, 4) is 6.07 Å². The molecule has 39 heavy (non-hydrogen) atoms. The summed E-state index contributed by atoms with van der Waals surface area (Å²) in [6.07, 6.45) is 1.25. The van der Waals surface area contributed by atoms with Gasteiger partial charge in [-0.3, -0.25) is 4.79 Å². The number of hydrogen-bond acceptors (Lipinski definition) is 6. The Kier molecular flexibility index (Phi) is 6.88. The van der Waals surface area contributed by atoms with Gasteiger partial charge in [0.1, 0.15) is 5.58 Å². The molecule has 1 saturated heterocycles. The van der Waals surface area contributed by atoms with Crippen LogP contribution in [-0.4, -0.2) is 24.2 Å². The van der Waals surface area contributed by atoms with E-state index in [2.05, 4.69) is 16.3 Å². The molecule has 1 unspecified atom stereocenters. The fourth-order valence-electron chi connectivity index (χ4n) is 5.60. The highest BCUT2D eigenvalue weighted by molar-refractivity contribution is 5.94. The van der Waals surface area contributed by atoms with Gasteiger partial charge in [-0.1, -0.05) is 48.5 Å². The van der Waals surface area contributed by atoms with Gasteiger partial charge in [-0.15, -0.1) is 0 Å². The first-order chi connectivity index (χ1) is 18.7. The lowest BCUT2D eigenvalue weighted by molar-refractivity contribution is 0.0698. The summed E-state index contributed by atoms with van der Waals surface area (Å²) in [5, 5.41) is 23.5. The van der Waals surface area contributed by atoms with E-state index in [0.717, 1.165) is 16.7 Å². The second-order valence-electron chi connectivity index (χ2n) is 10.4. The number of benzene rings is 3. The monoisotopic (exact) mass is 521 g/mol. The Hall–Kier alpha value is -4.57. The molecule has 1 fully saturated rings. The maximum absolute atomic E-state index is 13.6. The van der Waals surface area contributed by atoms with E-state index in [0.29, 0.717) is 54.0 Å². The highest BCUT2D eigenvalue weighted by Crippen LogP contribution is 2.38. The van der Waals surface area contributed by atoms with E-state index in [4.69, 9.17) is 4.42 Å². The summed E-state index contributed by atoms with van der Waals surface area (Å²) in [7, 11) is 0. The van der Waals surface area contributed by atoms with Gasteiger partial charge in [-0.25, -0.2) is 4.79 Å². The van der Waals surface area contributed by atoms with E-state index in [1.54, 1.807) is 31.2 Å². The number of aromatic carboxylic acids is 1. The van der Waals surface area contributed by atoms with Crippen molar-refractivity contribution in [1.29, 1.82) is 5.26 Å². The Balaban J connectivity index is 1.52. The van der Waals surface area contributed by atoms with Crippen LogP contribution in [0.15, 0.2) is 75.9 Å². The van der Waals surface area contributed by atoms with E-state index < -0.39 is 11.4 Å². The van der Waals surface area contributed by atoms with Crippen LogP contribution in [0.2, 0.25) is 0 Å². The van der Waals surface area contributed by atoms with Gasteiger partial charge in [0, 0.05) is 24.3 Å². The van der Waals surface area contributed by atoms with Gasteiger partial charge in [-0.05, 0) is 62.9 Å². The van der Waals surface area contributed by atoms with Crippen LogP contribution in [0, 0.1) is 25.2 Å². The summed E-state index contributed by atoms with van der Waals surface area (Å²) in [4.78, 5) is 27.4. The zero-order valence-corrected chi connectivity index (χ0v) is 22.3. The summed E-state index contributed by atoms with van der Waals surface area (Å²) in [5.41, 5.74) is 3.74. The minimum atomic E-state index is -1.02. The van der Waals surface area contributed by atoms with Crippen molar-refractivity contribution >= 4 is 28.5 Å². The maximum Gasteiger partial charge on any atom is 0.337 e. The predicted molar refractivity (Wildman–Crippen MR) is 153 cm³/mol. The SMILES string of the molecule is Cc1cc(C(C)Nc2ccccc2C(=O)O)c2oc(N3CCC(C#N)(c4ccccc4)CC3)c(C)c(=O)c2c1. The molecule has 1 aliphatic rings. The van der Waals surface area contributed by atoms with Crippen LogP contribution in [0.4, 0.5) is 11.6 Å². The van der Waals surface area contributed by atoms with Gasteiger partial charge in [0.05, 0.1) is 34.0 Å². The number of nitrogens with zero attached hydrogens (tertiary/aromatic N) is 2. The van der Waals surface area contributed by atoms with Crippen LogP contribution in [0.3, 0.4) is 0 Å². The lowest BCUT2D eigenvalue weighted by Gasteiger charge is -2.38. The molecule has 1 atom stereocenters. The number of carboxylic acid groups (broad SMARTS) is 1. The molecule has 3 aromatic carbocycles. The third kappa shape index (κ3) is 4.74. The Morgan fingerprint density at radius 1 is 1.08 bits per heavy atom. The quantitative estimate of drug-likeness (QED) is 0.305. The first-order valence-corrected chi connectivity index (χ1v) is 13.1. The smallest absolute Gasteiger partial charge is 0.337 e. The summed E-state index contributed by atoms with van der Waals surface area (Å²) in [5.74, 6) is -0.492. The third-order valence-electron chi connectivity index (χ3n) is 7.81. The van der Waals surface area contributed by atoms with E-state index in [1.165, 1.54) is 0 Å². The topological polar surface area (TPSA) is 107 Å². The molecule has 1 aliphatic heterocycles. The molecule has 198 valence electrons. The van der Waals surface area contributed by atoms with Crippen molar-refractivity contribution < 1.29 is 14.3 Å². The van der Waals surface area contributed by atoms with E-state index in [9.17, 15) is 20.0 Å². The van der Waals surface area contributed by atoms with Gasteiger partial charge in [0.25, 0.3) is 0 Å². The molecule has 4 aromatic rings. The standard InChI is InChI=1S/C32H31N3O4/c1-20-17-25(22(3)34-27-12-8-7-11-24(27)31(37)38)29-26(18-20)28(36)21(2)30(39-29)35-15-13-32(19-33,14-16-35)23-9-5-4-6-10-23/h4-12,17-18,22,34H,13-16H2,1-3H3,(H,37,38). The minimum absolute atomic E-state index is 0.0884. The van der Waals surface area contributed by atoms with Gasteiger partial charge in [-0.2, -0.15) is 5.26 Å². The molecule has 0 radical (unpaired) electrons. The third-order valence-corrected chi connectivity index (χ3v) is 7.81. The lowest BCUT2D eigenvalue weighted by Crippen LogP contribution is -2.42. The van der Waals surface area contributed by atoms with Crippen LogP contribution in [-0.2, 0) is 5.41 Å². The molecule has 0 spiro atoms. The van der Waals surface area contributed by atoms with Crippen LogP contribution in [0.1, 0.15) is 58.4 Å². The number of aryl methyl sites for hydroxylation is 1. The zero-order valence-electron chi connectivity index (χ0n) is 22.3. The summed E-state index contributed by atoms with van der Waals surface area (Å²) >= 11 is 0. The maximum atomic E-state index is 13.6. The zero-order chi connectivity index (χ0) is 27.7. The molecule has 0 amide bonds. The Morgan fingerprint density at radius 3 is 2.41 bits per heavy atom. The summed E-state index contributed by atoms with van der Waals surface area (Å²) in [6.45, 7) is 6.81. The van der Waals surface area contributed by atoms with Crippen LogP contribution < -0.4 is 15.6 Å². The van der Waals surface area contributed by atoms with Crippen LogP contribution in [0.25, 0.3) is 11.0 Å². The lowest BCUT2D eigenvalue weighted by atomic mass is 9.74. The van der Waals surface area contributed by atoms with Gasteiger partial charge >= 0.3 is 5.97 Å². The van der Waals surface area contributed by atoms with Crippen molar-refractivity contribution in [3.05, 3.63) is 105 Å². The van der Waals surface area contributed by atoms with Crippen LogP contribution >= 0.6 is 0 Å². The Labute approximate surface area is 227 Å². The first kappa shape index (κ1) is 26.1. The average molecular weight is 522 g/mol. The predicted octanol–water partition coefficient (Wildman–Crippen LogP) is 6.34. The molecule has 7 nitrogen and oxygen atoms in total. The number of para-hydroxylation sites is 1. The fraction of sp³-hybridized carbons (Fsp3) is 0.281. The van der Waals surface area contributed by atoms with Crippen molar-refractivity contribution in [2.75, 3.05) is 23.3 Å². The van der Waals surface area contributed by atoms with Crippen molar-refractivity contribution in [2.45, 2.75) is 45.1 Å². The molecule has 1 aromatic heterocycles. The molecular formula is C32H31N3O4. The number of rotatable bonds is 6. The Morgan fingerprint density at radius 2 is 1.74 bits per heavy atom. The molecule has 7 heteroatoms. The number of nitrogens with one attached hydrogen (secondary N) is 1. The normalized spacial score (nSPS) is 15.5. The van der Waals surface area contributed by atoms with E-state index in [-0.39, 0.29) is 17.0 Å². The number of piperidine rings is 1. The second kappa shape index (κ2) is 10.3. The van der Waals surface area contributed by atoms with Crippen molar-refractivity contribution in [2.24, 2.45) is 0 Å². The number of anilines is 2. The fourth-order valence-corrected chi connectivity index (χ4v) is 5.60. The molecule has 2 N–H and O–H groups in total. The van der Waals surface area contributed by atoms with Crippen molar-refractivity contribution in [3.63, 3.8) is 0 Å². The second-order valence-corrected chi connectivity index (χ2v) is 10.4. The highest BCUT2D eigenvalue weighted by atomic mass is 16.4.